The molecule has 0 radical (unpaired) electrons. The molecule has 3 aromatic heterocycles. The van der Waals surface area contributed by atoms with Crippen molar-refractivity contribution in [3.8, 4) is 11.4 Å². The van der Waals surface area contributed by atoms with E-state index in [9.17, 15) is 4.79 Å². The zero-order valence-corrected chi connectivity index (χ0v) is 20.6. The van der Waals surface area contributed by atoms with E-state index in [0.717, 1.165) is 35.2 Å². The lowest BCUT2D eigenvalue weighted by Crippen LogP contribution is -2.44. The van der Waals surface area contributed by atoms with Crippen LogP contribution in [0.3, 0.4) is 0 Å². The summed E-state index contributed by atoms with van der Waals surface area (Å²) in [4.78, 5) is 15.0. The van der Waals surface area contributed by atoms with E-state index in [1.165, 1.54) is 19.3 Å². The Kier molecular flexibility index (Phi) is 5.67. The molecular formula is C26H30N8O2. The van der Waals surface area contributed by atoms with Crippen molar-refractivity contribution >= 4 is 22.8 Å². The van der Waals surface area contributed by atoms with E-state index < -0.39 is 0 Å². The number of tetrazole rings is 1. The molecule has 1 aromatic carbocycles. The summed E-state index contributed by atoms with van der Waals surface area (Å²) in [5.41, 5.74) is 5.15. The SMILES string of the molecule is COCCNc1ccn2ncc(C(=O)Nc3cc(-c4nnn(C5CC6(CCC6)C5)n4)ccc3C)c2c1. The average Bonchev–Trinajstić information content (AvgIpc) is 3.46. The number of nitrogens with one attached hydrogen (secondary N) is 2. The summed E-state index contributed by atoms with van der Waals surface area (Å²) >= 11 is 0. The highest BCUT2D eigenvalue weighted by Crippen LogP contribution is 2.60. The van der Waals surface area contributed by atoms with Gasteiger partial charge < -0.3 is 15.4 Å². The molecule has 0 bridgehead atoms. The average molecular weight is 487 g/mol. The maximum atomic E-state index is 13.2. The highest BCUT2D eigenvalue weighted by atomic mass is 16.5. The predicted molar refractivity (Wildman–Crippen MR) is 136 cm³/mol. The first-order valence-electron chi connectivity index (χ1n) is 12.5. The van der Waals surface area contributed by atoms with Gasteiger partial charge in [-0.1, -0.05) is 18.6 Å². The van der Waals surface area contributed by atoms with Crippen LogP contribution in [0.15, 0.2) is 42.7 Å². The molecule has 2 aliphatic rings. The number of ether oxygens (including phenoxy) is 1. The van der Waals surface area contributed by atoms with Crippen molar-refractivity contribution in [1.82, 2.24) is 29.8 Å². The maximum absolute atomic E-state index is 13.2. The molecule has 0 saturated heterocycles. The van der Waals surface area contributed by atoms with E-state index in [1.54, 1.807) is 22.6 Å². The second-order valence-corrected chi connectivity index (χ2v) is 10.1. The molecule has 2 aliphatic carbocycles. The molecule has 0 unspecified atom stereocenters. The number of carbonyl (C=O) groups is 1. The van der Waals surface area contributed by atoms with Crippen LogP contribution in [0.4, 0.5) is 11.4 Å². The first kappa shape index (κ1) is 22.7. The molecule has 186 valence electrons. The summed E-state index contributed by atoms with van der Waals surface area (Å²) in [5.74, 6) is 0.346. The first-order valence-corrected chi connectivity index (χ1v) is 12.5. The fourth-order valence-electron chi connectivity index (χ4n) is 5.33. The number of nitrogens with zero attached hydrogens (tertiary/aromatic N) is 6. The predicted octanol–water partition coefficient (Wildman–Crippen LogP) is 4.11. The lowest BCUT2D eigenvalue weighted by molar-refractivity contribution is -0.0279. The molecule has 10 nitrogen and oxygen atoms in total. The monoisotopic (exact) mass is 486 g/mol. The Labute approximate surface area is 209 Å². The van der Waals surface area contributed by atoms with Crippen molar-refractivity contribution in [2.75, 3.05) is 30.9 Å². The van der Waals surface area contributed by atoms with Gasteiger partial charge in [-0.25, -0.2) is 4.52 Å². The second-order valence-electron chi connectivity index (χ2n) is 10.1. The number of fused-ring (bicyclic) bond motifs is 1. The van der Waals surface area contributed by atoms with Gasteiger partial charge >= 0.3 is 0 Å². The van der Waals surface area contributed by atoms with Gasteiger partial charge in [-0.3, -0.25) is 4.79 Å². The van der Waals surface area contributed by atoms with Crippen molar-refractivity contribution in [2.24, 2.45) is 5.41 Å². The zero-order valence-electron chi connectivity index (χ0n) is 20.6. The minimum Gasteiger partial charge on any atom is -0.383 e. The lowest BCUT2D eigenvalue weighted by Gasteiger charge is -2.53. The second kappa shape index (κ2) is 9.02. The number of benzene rings is 1. The zero-order chi connectivity index (χ0) is 24.7. The third-order valence-corrected chi connectivity index (χ3v) is 7.65. The van der Waals surface area contributed by atoms with Gasteiger partial charge in [-0.05, 0) is 67.0 Å². The molecular weight excluding hydrogens is 456 g/mol. The van der Waals surface area contributed by atoms with Crippen LogP contribution in [0.25, 0.3) is 16.9 Å². The summed E-state index contributed by atoms with van der Waals surface area (Å²) in [7, 11) is 1.66. The first-order chi connectivity index (χ1) is 17.5. The van der Waals surface area contributed by atoms with Crippen LogP contribution in [-0.2, 0) is 4.74 Å². The summed E-state index contributed by atoms with van der Waals surface area (Å²) < 4.78 is 6.79. The molecule has 2 saturated carbocycles. The molecule has 6 rings (SSSR count). The summed E-state index contributed by atoms with van der Waals surface area (Å²) in [6.45, 7) is 3.23. The Morgan fingerprint density at radius 2 is 2.08 bits per heavy atom. The van der Waals surface area contributed by atoms with Crippen LogP contribution in [0.1, 0.15) is 54.1 Å². The van der Waals surface area contributed by atoms with E-state index in [2.05, 4.69) is 31.1 Å². The Morgan fingerprint density at radius 1 is 1.22 bits per heavy atom. The fourth-order valence-corrected chi connectivity index (χ4v) is 5.33. The van der Waals surface area contributed by atoms with Crippen molar-refractivity contribution in [3.63, 3.8) is 0 Å². The van der Waals surface area contributed by atoms with Crippen LogP contribution in [0.2, 0.25) is 0 Å². The fraction of sp³-hybridized carbons (Fsp3) is 0.423. The van der Waals surface area contributed by atoms with Crippen molar-refractivity contribution in [3.05, 3.63) is 53.9 Å². The molecule has 4 aromatic rings. The molecule has 10 heteroatoms. The van der Waals surface area contributed by atoms with Gasteiger partial charge in [0.25, 0.3) is 5.91 Å². The molecule has 1 spiro atoms. The van der Waals surface area contributed by atoms with Crippen LogP contribution in [0.5, 0.6) is 0 Å². The van der Waals surface area contributed by atoms with E-state index in [1.807, 2.05) is 43.5 Å². The largest absolute Gasteiger partial charge is 0.383 e. The molecule has 2 N–H and O–H groups in total. The Morgan fingerprint density at radius 3 is 2.86 bits per heavy atom. The van der Waals surface area contributed by atoms with Gasteiger partial charge in [0.1, 0.15) is 0 Å². The number of hydrogen-bond acceptors (Lipinski definition) is 7. The van der Waals surface area contributed by atoms with E-state index in [4.69, 9.17) is 4.74 Å². The van der Waals surface area contributed by atoms with Crippen LogP contribution in [0, 0.1) is 12.3 Å². The number of anilines is 2. The number of aromatic nitrogens is 6. The van der Waals surface area contributed by atoms with E-state index >= 15 is 0 Å². The topological polar surface area (TPSA) is 111 Å². The van der Waals surface area contributed by atoms with Crippen molar-refractivity contribution in [1.29, 1.82) is 0 Å². The van der Waals surface area contributed by atoms with Gasteiger partial charge in [0.2, 0.25) is 5.82 Å². The molecule has 36 heavy (non-hydrogen) atoms. The third-order valence-electron chi connectivity index (χ3n) is 7.65. The van der Waals surface area contributed by atoms with Gasteiger partial charge in [-0.2, -0.15) is 9.90 Å². The highest BCUT2D eigenvalue weighted by Gasteiger charge is 2.49. The number of amides is 1. The number of rotatable bonds is 8. The number of carbonyl (C=O) groups excluding carboxylic acids is 1. The molecule has 0 aliphatic heterocycles. The lowest BCUT2D eigenvalue weighted by atomic mass is 9.54. The van der Waals surface area contributed by atoms with Gasteiger partial charge in [0.05, 0.1) is 29.9 Å². The number of methoxy groups -OCH3 is 1. The minimum atomic E-state index is -0.226. The van der Waals surface area contributed by atoms with Gasteiger partial charge in [0.15, 0.2) is 0 Å². The summed E-state index contributed by atoms with van der Waals surface area (Å²) in [6.07, 6.45) is 9.75. The minimum absolute atomic E-state index is 0.226. The standard InChI is InChI=1S/C26H30N8O2/c1-17-4-5-18(24-30-32-34(31-24)20-14-26(15-20)7-3-8-26)12-22(17)29-25(35)21-16-28-33-10-6-19(13-23(21)33)27-9-11-36-2/h4-6,10,12-13,16,20,27H,3,7-9,11,14-15H2,1-2H3,(H,29,35). The van der Waals surface area contributed by atoms with Crippen LogP contribution >= 0.6 is 0 Å². The highest BCUT2D eigenvalue weighted by molar-refractivity contribution is 6.09. The van der Waals surface area contributed by atoms with Crippen molar-refractivity contribution < 1.29 is 9.53 Å². The maximum Gasteiger partial charge on any atom is 0.259 e. The Hall–Kier alpha value is -3.79. The van der Waals surface area contributed by atoms with Crippen molar-refractivity contribution in [2.45, 2.75) is 45.1 Å². The van der Waals surface area contributed by atoms with Gasteiger partial charge in [-0.15, -0.1) is 10.2 Å². The molecule has 3 heterocycles. The summed E-state index contributed by atoms with van der Waals surface area (Å²) in [5, 5.41) is 24.0. The Balaban J connectivity index is 1.19. The smallest absolute Gasteiger partial charge is 0.259 e. The van der Waals surface area contributed by atoms with Crippen LogP contribution < -0.4 is 10.6 Å². The normalized spacial score (nSPS) is 16.6. The quantitative estimate of drug-likeness (QED) is 0.361. The third kappa shape index (κ3) is 4.11. The Bertz CT molecular complexity index is 1410. The molecule has 1 amide bonds. The number of aryl methyl sites for hydroxylation is 1. The molecule has 0 atom stereocenters. The van der Waals surface area contributed by atoms with Gasteiger partial charge in [0, 0.05) is 36.8 Å². The number of pyridine rings is 1. The van der Waals surface area contributed by atoms with Crippen LogP contribution in [-0.4, -0.2) is 56.0 Å². The molecule has 2 fully saturated rings. The van der Waals surface area contributed by atoms with E-state index in [-0.39, 0.29) is 5.91 Å². The van der Waals surface area contributed by atoms with E-state index in [0.29, 0.717) is 41.7 Å². The number of hydrogen-bond donors (Lipinski definition) is 2. The summed E-state index contributed by atoms with van der Waals surface area (Å²) in [6, 6.07) is 10.0.